The molecule has 1 saturated heterocycles. The number of nitrogens with zero attached hydrogens (tertiary/aromatic N) is 2. The zero-order valence-electron chi connectivity index (χ0n) is 16.5. The molecule has 1 N–H and O–H groups in total. The Morgan fingerprint density at radius 2 is 2.07 bits per heavy atom. The van der Waals surface area contributed by atoms with E-state index < -0.39 is 0 Å². The number of rotatable bonds is 7. The Morgan fingerprint density at radius 3 is 2.79 bits per heavy atom. The second-order valence-electron chi connectivity index (χ2n) is 7.19. The van der Waals surface area contributed by atoms with Gasteiger partial charge >= 0.3 is 0 Å². The van der Waals surface area contributed by atoms with Crippen LogP contribution in [0.2, 0.25) is 0 Å². The molecule has 3 rings (SSSR count). The van der Waals surface area contributed by atoms with E-state index in [0.717, 1.165) is 28.9 Å². The number of ether oxygens (including phenoxy) is 1. The molecule has 6 heteroatoms. The molecule has 1 aromatic carbocycles. The number of aryl methyl sites for hydroxylation is 1. The second-order valence-corrected chi connectivity index (χ2v) is 7.19. The van der Waals surface area contributed by atoms with Crippen LogP contribution in [0.3, 0.4) is 0 Å². The number of hydrogen-bond acceptors (Lipinski definition) is 4. The fourth-order valence-electron chi connectivity index (χ4n) is 3.43. The van der Waals surface area contributed by atoms with E-state index >= 15 is 0 Å². The van der Waals surface area contributed by atoms with Crippen molar-refractivity contribution in [2.45, 2.75) is 32.7 Å². The Bertz CT molecular complexity index is 820. The Labute approximate surface area is 165 Å². The van der Waals surface area contributed by atoms with E-state index in [0.29, 0.717) is 32.5 Å². The molecule has 2 heterocycles. The smallest absolute Gasteiger partial charge is 0.225 e. The lowest BCUT2D eigenvalue weighted by Crippen LogP contribution is -2.46. The van der Waals surface area contributed by atoms with Crippen molar-refractivity contribution in [3.8, 4) is 5.75 Å². The van der Waals surface area contributed by atoms with Crippen molar-refractivity contribution in [3.63, 3.8) is 0 Å². The summed E-state index contributed by atoms with van der Waals surface area (Å²) >= 11 is 0. The van der Waals surface area contributed by atoms with Gasteiger partial charge in [0.15, 0.2) is 0 Å². The van der Waals surface area contributed by atoms with Crippen LogP contribution in [0, 0.1) is 12.8 Å². The molecule has 148 valence electrons. The summed E-state index contributed by atoms with van der Waals surface area (Å²) in [4.78, 5) is 30.8. The van der Waals surface area contributed by atoms with E-state index in [1.807, 2.05) is 42.2 Å². The van der Waals surface area contributed by atoms with Crippen molar-refractivity contribution in [3.05, 3.63) is 59.4 Å². The molecule has 28 heavy (non-hydrogen) atoms. The summed E-state index contributed by atoms with van der Waals surface area (Å²) in [6.07, 6.45) is 5.32. The van der Waals surface area contributed by atoms with Crippen LogP contribution < -0.4 is 10.1 Å². The van der Waals surface area contributed by atoms with Crippen LogP contribution in [0.1, 0.15) is 29.5 Å². The van der Waals surface area contributed by atoms with Crippen molar-refractivity contribution in [1.82, 2.24) is 15.2 Å². The molecule has 0 spiro atoms. The number of piperidine rings is 1. The maximum absolute atomic E-state index is 12.6. The van der Waals surface area contributed by atoms with E-state index in [-0.39, 0.29) is 17.7 Å². The second kappa shape index (κ2) is 9.35. The number of pyridine rings is 1. The molecule has 0 aliphatic carbocycles. The van der Waals surface area contributed by atoms with Gasteiger partial charge in [-0.05, 0) is 54.7 Å². The molecule has 2 amide bonds. The molecule has 1 aromatic heterocycles. The zero-order valence-corrected chi connectivity index (χ0v) is 16.5. The maximum atomic E-state index is 12.6. The lowest BCUT2D eigenvalue weighted by atomic mass is 9.96. The minimum Gasteiger partial charge on any atom is -0.497 e. The van der Waals surface area contributed by atoms with E-state index in [2.05, 4.69) is 10.3 Å². The average molecular weight is 381 g/mol. The van der Waals surface area contributed by atoms with Gasteiger partial charge in [0, 0.05) is 38.4 Å². The number of nitrogens with one attached hydrogen (secondary N) is 1. The molecule has 0 saturated carbocycles. The molecule has 0 unspecified atom stereocenters. The van der Waals surface area contributed by atoms with Gasteiger partial charge < -0.3 is 15.0 Å². The Kier molecular flexibility index (Phi) is 6.63. The van der Waals surface area contributed by atoms with Gasteiger partial charge in [0.1, 0.15) is 5.75 Å². The molecular formula is C22H27N3O3. The Morgan fingerprint density at radius 1 is 1.29 bits per heavy atom. The lowest BCUT2D eigenvalue weighted by molar-refractivity contribution is -0.138. The number of carbonyl (C=O) groups is 2. The number of hydrogen-bond donors (Lipinski definition) is 1. The number of carbonyl (C=O) groups excluding carboxylic acids is 2. The van der Waals surface area contributed by atoms with Crippen molar-refractivity contribution in [2.75, 3.05) is 20.2 Å². The van der Waals surface area contributed by atoms with Crippen molar-refractivity contribution < 1.29 is 14.3 Å². The predicted molar refractivity (Wildman–Crippen MR) is 107 cm³/mol. The van der Waals surface area contributed by atoms with Gasteiger partial charge in [-0.1, -0.05) is 12.1 Å². The quantitative estimate of drug-likeness (QED) is 0.800. The largest absolute Gasteiger partial charge is 0.497 e. The average Bonchev–Trinajstić information content (AvgIpc) is 2.72. The molecule has 1 fully saturated rings. The molecule has 0 bridgehead atoms. The third-order valence-corrected chi connectivity index (χ3v) is 5.29. The maximum Gasteiger partial charge on any atom is 0.225 e. The SMILES string of the molecule is COc1ccc(CCN2C[C@H](C(=O)NCc3ccncc3C)CCC2=O)cc1. The van der Waals surface area contributed by atoms with Crippen molar-refractivity contribution in [2.24, 2.45) is 5.92 Å². The first-order valence-electron chi connectivity index (χ1n) is 9.64. The van der Waals surface area contributed by atoms with Crippen molar-refractivity contribution in [1.29, 1.82) is 0 Å². The number of methoxy groups -OCH3 is 1. The predicted octanol–water partition coefficient (Wildman–Crippen LogP) is 2.50. The van der Waals surface area contributed by atoms with Crippen LogP contribution in [-0.2, 0) is 22.6 Å². The number of likely N-dealkylation sites (tertiary alicyclic amines) is 1. The van der Waals surface area contributed by atoms with Gasteiger partial charge in [0.2, 0.25) is 11.8 Å². The van der Waals surface area contributed by atoms with Crippen LogP contribution in [0.25, 0.3) is 0 Å². The van der Waals surface area contributed by atoms with E-state index in [9.17, 15) is 9.59 Å². The van der Waals surface area contributed by atoms with Crippen molar-refractivity contribution >= 4 is 11.8 Å². The van der Waals surface area contributed by atoms with Crippen LogP contribution in [0.5, 0.6) is 5.75 Å². The molecule has 0 radical (unpaired) electrons. The van der Waals surface area contributed by atoms with Crippen LogP contribution in [0.4, 0.5) is 0 Å². The summed E-state index contributed by atoms with van der Waals surface area (Å²) in [6.45, 7) is 3.58. The molecule has 1 aliphatic heterocycles. The summed E-state index contributed by atoms with van der Waals surface area (Å²) in [5, 5.41) is 3.01. The normalized spacial score (nSPS) is 16.7. The van der Waals surface area contributed by atoms with E-state index in [4.69, 9.17) is 4.74 Å². The highest BCUT2D eigenvalue weighted by molar-refractivity contribution is 5.83. The first-order valence-corrected chi connectivity index (χ1v) is 9.64. The van der Waals surface area contributed by atoms with E-state index in [1.54, 1.807) is 19.5 Å². The minimum absolute atomic E-state index is 0.0122. The summed E-state index contributed by atoms with van der Waals surface area (Å²) < 4.78 is 5.17. The van der Waals surface area contributed by atoms with Gasteiger partial charge in [0.25, 0.3) is 0 Å². The van der Waals surface area contributed by atoms with Gasteiger partial charge in [-0.2, -0.15) is 0 Å². The summed E-state index contributed by atoms with van der Waals surface area (Å²) in [5.74, 6) is 0.801. The topological polar surface area (TPSA) is 71.5 Å². The monoisotopic (exact) mass is 381 g/mol. The van der Waals surface area contributed by atoms with Crippen LogP contribution >= 0.6 is 0 Å². The van der Waals surface area contributed by atoms with Crippen LogP contribution in [-0.4, -0.2) is 41.9 Å². The highest BCUT2D eigenvalue weighted by Crippen LogP contribution is 2.19. The standard InChI is InChI=1S/C22H27N3O3/c1-16-13-23-11-9-18(16)14-24-22(27)19-5-8-21(26)25(15-19)12-10-17-3-6-20(28-2)7-4-17/h3-4,6-7,9,11,13,19H,5,8,10,12,14-15H2,1-2H3,(H,24,27)/t19-/m1/s1. The first kappa shape index (κ1) is 19.9. The molecular weight excluding hydrogens is 354 g/mol. The van der Waals surface area contributed by atoms with Gasteiger partial charge in [-0.15, -0.1) is 0 Å². The number of amides is 2. The summed E-state index contributed by atoms with van der Waals surface area (Å²) in [5.41, 5.74) is 3.27. The molecule has 1 atom stereocenters. The minimum atomic E-state index is -0.157. The Hall–Kier alpha value is -2.89. The molecule has 6 nitrogen and oxygen atoms in total. The summed E-state index contributed by atoms with van der Waals surface area (Å²) in [6, 6.07) is 9.78. The van der Waals surface area contributed by atoms with Gasteiger partial charge in [0.05, 0.1) is 13.0 Å². The van der Waals surface area contributed by atoms with Crippen LogP contribution in [0.15, 0.2) is 42.7 Å². The first-order chi connectivity index (χ1) is 13.6. The van der Waals surface area contributed by atoms with E-state index in [1.165, 1.54) is 0 Å². The summed E-state index contributed by atoms with van der Waals surface area (Å²) in [7, 11) is 1.64. The third-order valence-electron chi connectivity index (χ3n) is 5.29. The third kappa shape index (κ3) is 5.09. The molecule has 2 aromatic rings. The Balaban J connectivity index is 1.52. The number of benzene rings is 1. The van der Waals surface area contributed by atoms with Gasteiger partial charge in [-0.25, -0.2) is 0 Å². The zero-order chi connectivity index (χ0) is 19.9. The molecule has 1 aliphatic rings. The fraction of sp³-hybridized carbons (Fsp3) is 0.409. The highest BCUT2D eigenvalue weighted by atomic mass is 16.5. The highest BCUT2D eigenvalue weighted by Gasteiger charge is 2.29. The fourth-order valence-corrected chi connectivity index (χ4v) is 3.43. The lowest BCUT2D eigenvalue weighted by Gasteiger charge is -2.32. The number of aromatic nitrogens is 1. The van der Waals surface area contributed by atoms with Gasteiger partial charge in [-0.3, -0.25) is 14.6 Å².